The van der Waals surface area contributed by atoms with Crippen LogP contribution in [0.5, 0.6) is 5.75 Å². The largest absolute Gasteiger partial charge is 0.497 e. The molecule has 1 N–H and O–H groups in total. The lowest BCUT2D eigenvalue weighted by Crippen LogP contribution is -2.51. The van der Waals surface area contributed by atoms with Gasteiger partial charge in [0.15, 0.2) is 0 Å². The zero-order valence-corrected chi connectivity index (χ0v) is 17.7. The number of likely N-dealkylation sites (tertiary alicyclic amines) is 1. The number of amides is 1. The fourth-order valence-corrected chi connectivity index (χ4v) is 5.25. The van der Waals surface area contributed by atoms with Gasteiger partial charge in [-0.25, -0.2) is 0 Å². The van der Waals surface area contributed by atoms with Crippen LogP contribution in [0.25, 0.3) is 0 Å². The van der Waals surface area contributed by atoms with Crippen LogP contribution in [0.1, 0.15) is 45.7 Å². The van der Waals surface area contributed by atoms with E-state index in [9.17, 15) is 9.59 Å². The number of aromatic amines is 1. The number of aryl methyl sites for hydroxylation is 1. The second-order valence-electron chi connectivity index (χ2n) is 8.59. The first kappa shape index (κ1) is 19.6. The maximum Gasteiger partial charge on any atom is 0.257 e. The summed E-state index contributed by atoms with van der Waals surface area (Å²) in [4.78, 5) is 28.1. The number of H-pyrrole nitrogens is 1. The van der Waals surface area contributed by atoms with E-state index in [1.807, 2.05) is 46.7 Å². The highest BCUT2D eigenvalue weighted by Gasteiger charge is 2.42. The van der Waals surface area contributed by atoms with Crippen molar-refractivity contribution in [3.8, 4) is 5.75 Å². The van der Waals surface area contributed by atoms with Gasteiger partial charge in [-0.05, 0) is 49.4 Å². The Balaban J connectivity index is 1.52. The van der Waals surface area contributed by atoms with Crippen LogP contribution in [-0.2, 0) is 6.42 Å². The quantitative estimate of drug-likeness (QED) is 0.707. The first-order valence-electron chi connectivity index (χ1n) is 10.7. The Morgan fingerprint density at radius 1 is 1.23 bits per heavy atom. The third-order valence-corrected chi connectivity index (χ3v) is 6.72. The van der Waals surface area contributed by atoms with Crippen molar-refractivity contribution in [1.29, 1.82) is 0 Å². The van der Waals surface area contributed by atoms with Crippen molar-refractivity contribution in [2.24, 2.45) is 5.92 Å². The van der Waals surface area contributed by atoms with E-state index in [2.05, 4.69) is 16.3 Å². The van der Waals surface area contributed by atoms with Crippen molar-refractivity contribution in [3.05, 3.63) is 81.5 Å². The molecule has 0 unspecified atom stereocenters. The smallest absolute Gasteiger partial charge is 0.257 e. The minimum atomic E-state index is -0.00639. The number of ether oxygens (including phenoxy) is 1. The number of pyridine rings is 1. The third kappa shape index (κ3) is 3.44. The molecule has 2 aliphatic rings. The average molecular weight is 418 g/mol. The SMILES string of the molecule is COc1cccc(C[C@H]2[C@H]3C[C@H](CN(C(=O)c4cn[nH]c4C)C3)c3cccc(=O)n32)c1. The lowest BCUT2D eigenvalue weighted by Gasteiger charge is -2.47. The van der Waals surface area contributed by atoms with Gasteiger partial charge in [0.25, 0.3) is 11.5 Å². The topological polar surface area (TPSA) is 80.2 Å². The fraction of sp³-hybridized carbons (Fsp3) is 0.375. The molecule has 1 fully saturated rings. The van der Waals surface area contributed by atoms with Crippen molar-refractivity contribution in [1.82, 2.24) is 19.7 Å². The van der Waals surface area contributed by atoms with Crippen LogP contribution in [-0.4, -0.2) is 45.8 Å². The first-order chi connectivity index (χ1) is 15.0. The number of aromatic nitrogens is 3. The van der Waals surface area contributed by atoms with Crippen LogP contribution < -0.4 is 10.3 Å². The van der Waals surface area contributed by atoms with Crippen molar-refractivity contribution in [3.63, 3.8) is 0 Å². The van der Waals surface area contributed by atoms with E-state index in [0.29, 0.717) is 18.7 Å². The zero-order valence-electron chi connectivity index (χ0n) is 17.7. The summed E-state index contributed by atoms with van der Waals surface area (Å²) in [5, 5.41) is 6.87. The van der Waals surface area contributed by atoms with Crippen LogP contribution in [0.2, 0.25) is 0 Å². The average Bonchev–Trinajstić information content (AvgIpc) is 3.22. The highest BCUT2D eigenvalue weighted by atomic mass is 16.5. The van der Waals surface area contributed by atoms with E-state index in [0.717, 1.165) is 35.5 Å². The number of methoxy groups -OCH3 is 1. The summed E-state index contributed by atoms with van der Waals surface area (Å²) in [5.74, 6) is 1.18. The van der Waals surface area contributed by atoms with Crippen LogP contribution in [0.3, 0.4) is 0 Å². The summed E-state index contributed by atoms with van der Waals surface area (Å²) in [6, 6.07) is 13.5. The summed E-state index contributed by atoms with van der Waals surface area (Å²) >= 11 is 0. The number of rotatable bonds is 4. The standard InChI is InChI=1S/C24H26N4O3/c1-15-20(12-25-26-15)24(30)27-13-17-11-18(14-27)22(28-21(17)7-4-8-23(28)29)10-16-5-3-6-19(9-16)31-2/h3-9,12,17-18,22H,10-11,13-14H2,1-2H3,(H,25,26)/t17-,18+,22+/m1/s1. The molecular formula is C24H26N4O3. The molecule has 2 aromatic heterocycles. The van der Waals surface area contributed by atoms with Gasteiger partial charge in [-0.1, -0.05) is 18.2 Å². The Hall–Kier alpha value is -3.35. The van der Waals surface area contributed by atoms with Crippen LogP contribution in [0.4, 0.5) is 0 Å². The number of nitrogens with one attached hydrogen (secondary N) is 1. The maximum atomic E-state index is 13.2. The molecule has 1 amide bonds. The minimum absolute atomic E-state index is 0.00639. The number of benzene rings is 1. The van der Waals surface area contributed by atoms with E-state index < -0.39 is 0 Å². The molecule has 5 rings (SSSR count). The predicted molar refractivity (Wildman–Crippen MR) is 117 cm³/mol. The molecule has 7 heteroatoms. The normalized spacial score (nSPS) is 22.1. The van der Waals surface area contributed by atoms with E-state index in [4.69, 9.17) is 4.74 Å². The Kier molecular flexibility index (Phi) is 4.88. The number of nitrogens with zero attached hydrogens (tertiary/aromatic N) is 3. The Morgan fingerprint density at radius 2 is 2.06 bits per heavy atom. The summed E-state index contributed by atoms with van der Waals surface area (Å²) in [7, 11) is 1.66. The molecule has 4 heterocycles. The summed E-state index contributed by atoms with van der Waals surface area (Å²) in [5.41, 5.74) is 3.59. The van der Waals surface area contributed by atoms with Crippen LogP contribution >= 0.6 is 0 Å². The van der Waals surface area contributed by atoms with Gasteiger partial charge in [-0.15, -0.1) is 0 Å². The molecule has 0 saturated carbocycles. The molecule has 1 aromatic carbocycles. The van der Waals surface area contributed by atoms with Crippen molar-refractivity contribution in [2.45, 2.75) is 31.7 Å². The monoisotopic (exact) mass is 418 g/mol. The Morgan fingerprint density at radius 3 is 2.84 bits per heavy atom. The predicted octanol–water partition coefficient (Wildman–Crippen LogP) is 2.93. The minimum Gasteiger partial charge on any atom is -0.497 e. The van der Waals surface area contributed by atoms with Gasteiger partial charge in [-0.2, -0.15) is 5.10 Å². The number of hydrogen-bond acceptors (Lipinski definition) is 4. The highest BCUT2D eigenvalue weighted by Crippen LogP contribution is 2.42. The number of carbonyl (C=O) groups excluding carboxylic acids is 1. The van der Waals surface area contributed by atoms with Crippen molar-refractivity contribution >= 4 is 5.91 Å². The zero-order chi connectivity index (χ0) is 21.5. The number of hydrogen-bond donors (Lipinski definition) is 1. The number of piperidine rings is 1. The molecule has 3 atom stereocenters. The molecule has 0 radical (unpaired) electrons. The van der Waals surface area contributed by atoms with Gasteiger partial charge >= 0.3 is 0 Å². The van der Waals surface area contributed by atoms with Crippen LogP contribution in [0, 0.1) is 12.8 Å². The van der Waals surface area contributed by atoms with Crippen molar-refractivity contribution < 1.29 is 9.53 Å². The molecule has 0 spiro atoms. The number of fused-ring (bicyclic) bond motifs is 4. The Labute approximate surface area is 180 Å². The van der Waals surface area contributed by atoms with Gasteiger partial charge in [0, 0.05) is 42.5 Å². The molecule has 7 nitrogen and oxygen atoms in total. The lowest BCUT2D eigenvalue weighted by molar-refractivity contribution is 0.0528. The molecule has 2 aliphatic heterocycles. The van der Waals surface area contributed by atoms with E-state index in [1.54, 1.807) is 19.4 Å². The van der Waals surface area contributed by atoms with E-state index >= 15 is 0 Å². The number of carbonyl (C=O) groups is 1. The second kappa shape index (κ2) is 7.72. The summed E-state index contributed by atoms with van der Waals surface area (Å²) in [6.45, 7) is 3.12. The van der Waals surface area contributed by atoms with E-state index in [-0.39, 0.29) is 29.3 Å². The molecule has 2 bridgehead atoms. The van der Waals surface area contributed by atoms with Crippen LogP contribution in [0.15, 0.2) is 53.5 Å². The molecule has 160 valence electrons. The molecular weight excluding hydrogens is 392 g/mol. The van der Waals surface area contributed by atoms with Gasteiger partial charge in [-0.3, -0.25) is 14.7 Å². The summed E-state index contributed by atoms with van der Waals surface area (Å²) in [6.07, 6.45) is 3.30. The highest BCUT2D eigenvalue weighted by molar-refractivity contribution is 5.95. The molecule has 0 aliphatic carbocycles. The fourth-order valence-electron chi connectivity index (χ4n) is 5.25. The lowest BCUT2D eigenvalue weighted by atomic mass is 9.76. The maximum absolute atomic E-state index is 13.2. The third-order valence-electron chi connectivity index (χ3n) is 6.72. The van der Waals surface area contributed by atoms with Gasteiger partial charge in [0.05, 0.1) is 18.9 Å². The first-order valence-corrected chi connectivity index (χ1v) is 10.7. The molecule has 31 heavy (non-hydrogen) atoms. The van der Waals surface area contributed by atoms with Crippen molar-refractivity contribution in [2.75, 3.05) is 20.2 Å². The Bertz CT molecular complexity index is 1180. The van der Waals surface area contributed by atoms with Gasteiger partial charge in [0.2, 0.25) is 0 Å². The molecule has 3 aromatic rings. The molecule has 1 saturated heterocycles. The summed E-state index contributed by atoms with van der Waals surface area (Å²) < 4.78 is 7.36. The van der Waals surface area contributed by atoms with Gasteiger partial charge in [0.1, 0.15) is 5.75 Å². The van der Waals surface area contributed by atoms with Gasteiger partial charge < -0.3 is 14.2 Å². The van der Waals surface area contributed by atoms with E-state index in [1.165, 1.54) is 0 Å². The second-order valence-corrected chi connectivity index (χ2v) is 8.59.